The van der Waals surface area contributed by atoms with Gasteiger partial charge in [-0.3, -0.25) is 4.79 Å². The molecular formula is C39H56N4O4S. The minimum absolute atomic E-state index is 0.0144. The zero-order valence-corrected chi connectivity index (χ0v) is 30.9. The average Bonchev–Trinajstić information content (AvgIpc) is 3.50. The zero-order valence-electron chi connectivity index (χ0n) is 30.1. The molecule has 0 aliphatic heterocycles. The summed E-state index contributed by atoms with van der Waals surface area (Å²) >= 11 is 1.60. The lowest BCUT2D eigenvalue weighted by molar-refractivity contribution is -0.122. The van der Waals surface area contributed by atoms with Gasteiger partial charge in [0.15, 0.2) is 5.78 Å². The standard InChI is InChI=1S/C39H56N4O4S/c1-27(2)35(42-37(45)43(8)24-33-25-48-36(40-33)28(3)4)34(44)23-31(21-29-15-11-9-12-16-29)19-20-32(22-30-17-13-10-14-18-30)41-38(46)47-26-39(5,6)7/h9-18,25,27-28,31-32,35H,19-24,26H2,1-8H3,(H,41,46)(H,42,45)/t31-,32-,35+/m1/s1. The number of aromatic nitrogens is 1. The molecule has 0 bridgehead atoms. The van der Waals surface area contributed by atoms with Crippen LogP contribution in [-0.4, -0.2) is 53.5 Å². The normalized spacial score (nSPS) is 13.5. The van der Waals surface area contributed by atoms with Crippen LogP contribution in [0.25, 0.3) is 0 Å². The Morgan fingerprint density at radius 2 is 1.48 bits per heavy atom. The molecule has 2 N–H and O–H groups in total. The summed E-state index contributed by atoms with van der Waals surface area (Å²) in [6, 6.07) is 19.2. The first-order valence-corrected chi connectivity index (χ1v) is 18.1. The zero-order chi connectivity index (χ0) is 35.3. The van der Waals surface area contributed by atoms with Gasteiger partial charge in [0.25, 0.3) is 0 Å². The maximum atomic E-state index is 13.9. The average molecular weight is 677 g/mol. The number of nitrogens with one attached hydrogen (secondary N) is 2. The Kier molecular flexibility index (Phi) is 15.1. The third-order valence-corrected chi connectivity index (χ3v) is 9.36. The molecule has 3 atom stereocenters. The highest BCUT2D eigenvalue weighted by Gasteiger charge is 2.29. The largest absolute Gasteiger partial charge is 0.449 e. The van der Waals surface area contributed by atoms with Crippen molar-refractivity contribution in [3.63, 3.8) is 0 Å². The van der Waals surface area contributed by atoms with Crippen LogP contribution in [0, 0.1) is 17.3 Å². The summed E-state index contributed by atoms with van der Waals surface area (Å²) in [5.74, 6) is 0.289. The highest BCUT2D eigenvalue weighted by atomic mass is 32.1. The molecule has 1 aromatic heterocycles. The number of Topliss-reactive ketones (excluding diaryl/α,β-unsaturated/α-hetero) is 1. The minimum atomic E-state index is -0.620. The van der Waals surface area contributed by atoms with E-state index in [4.69, 9.17) is 4.74 Å². The van der Waals surface area contributed by atoms with Crippen molar-refractivity contribution in [2.45, 2.75) is 105 Å². The molecule has 3 amide bonds. The van der Waals surface area contributed by atoms with Crippen LogP contribution < -0.4 is 10.6 Å². The van der Waals surface area contributed by atoms with E-state index in [0.717, 1.165) is 34.7 Å². The predicted molar refractivity (Wildman–Crippen MR) is 195 cm³/mol. The minimum Gasteiger partial charge on any atom is -0.449 e. The Labute approximate surface area is 292 Å². The number of urea groups is 1. The number of ketones is 1. The second-order valence-electron chi connectivity index (χ2n) is 14.8. The third-order valence-electron chi connectivity index (χ3n) is 8.17. The molecule has 1 heterocycles. The van der Waals surface area contributed by atoms with Gasteiger partial charge in [0.05, 0.1) is 29.9 Å². The monoisotopic (exact) mass is 676 g/mol. The number of ether oxygens (including phenoxy) is 1. The number of carbonyl (C=O) groups excluding carboxylic acids is 3. The van der Waals surface area contributed by atoms with Crippen LogP contribution in [0.5, 0.6) is 0 Å². The van der Waals surface area contributed by atoms with E-state index < -0.39 is 12.1 Å². The van der Waals surface area contributed by atoms with Crippen LogP contribution in [0.1, 0.15) is 95.5 Å². The van der Waals surface area contributed by atoms with Crippen molar-refractivity contribution < 1.29 is 19.1 Å². The molecule has 0 saturated carbocycles. The second kappa shape index (κ2) is 18.7. The van der Waals surface area contributed by atoms with Crippen molar-refractivity contribution in [1.29, 1.82) is 0 Å². The number of carbonyl (C=O) groups is 3. The quantitative estimate of drug-likeness (QED) is 0.150. The van der Waals surface area contributed by atoms with Gasteiger partial charge < -0.3 is 20.3 Å². The first kappa shape index (κ1) is 38.7. The van der Waals surface area contributed by atoms with Gasteiger partial charge in [-0.15, -0.1) is 11.3 Å². The summed E-state index contributed by atoms with van der Waals surface area (Å²) in [4.78, 5) is 46.3. The summed E-state index contributed by atoms with van der Waals surface area (Å²) in [5, 5.41) is 9.16. The van der Waals surface area contributed by atoms with E-state index in [1.165, 1.54) is 0 Å². The van der Waals surface area contributed by atoms with Gasteiger partial charge >= 0.3 is 12.1 Å². The summed E-state index contributed by atoms with van der Waals surface area (Å²) in [6.45, 7) is 14.9. The summed E-state index contributed by atoms with van der Waals surface area (Å²) in [5.41, 5.74) is 2.99. The Balaban J connectivity index is 1.72. The topological polar surface area (TPSA) is 101 Å². The van der Waals surface area contributed by atoms with Crippen molar-refractivity contribution in [1.82, 2.24) is 20.5 Å². The number of amides is 3. The van der Waals surface area contributed by atoms with Crippen LogP contribution in [0.4, 0.5) is 9.59 Å². The van der Waals surface area contributed by atoms with E-state index in [1.807, 2.05) is 76.4 Å². The van der Waals surface area contributed by atoms with Gasteiger partial charge in [-0.25, -0.2) is 14.6 Å². The van der Waals surface area contributed by atoms with E-state index >= 15 is 0 Å². The lowest BCUT2D eigenvalue weighted by Gasteiger charge is -2.27. The fourth-order valence-electron chi connectivity index (χ4n) is 5.52. The van der Waals surface area contributed by atoms with Crippen molar-refractivity contribution in [3.05, 3.63) is 87.9 Å². The maximum Gasteiger partial charge on any atom is 0.407 e. The molecule has 0 aliphatic rings. The van der Waals surface area contributed by atoms with Crippen LogP contribution in [0.15, 0.2) is 66.0 Å². The molecule has 48 heavy (non-hydrogen) atoms. The number of hydrogen-bond acceptors (Lipinski definition) is 6. The fraction of sp³-hybridized carbons (Fsp3) is 0.538. The number of thiazole rings is 1. The van der Waals surface area contributed by atoms with E-state index in [9.17, 15) is 14.4 Å². The van der Waals surface area contributed by atoms with Crippen molar-refractivity contribution in [2.75, 3.05) is 13.7 Å². The predicted octanol–water partition coefficient (Wildman–Crippen LogP) is 8.41. The van der Waals surface area contributed by atoms with Crippen LogP contribution in [0.3, 0.4) is 0 Å². The van der Waals surface area contributed by atoms with Gasteiger partial charge in [0.2, 0.25) is 0 Å². The van der Waals surface area contributed by atoms with Crippen molar-refractivity contribution >= 4 is 29.2 Å². The van der Waals surface area contributed by atoms with E-state index in [1.54, 1.807) is 23.3 Å². The molecule has 262 valence electrons. The van der Waals surface area contributed by atoms with Gasteiger partial charge in [-0.05, 0) is 54.1 Å². The maximum absolute atomic E-state index is 13.9. The summed E-state index contributed by atoms with van der Waals surface area (Å²) in [6.07, 6.45) is 2.67. The summed E-state index contributed by atoms with van der Waals surface area (Å²) in [7, 11) is 1.73. The van der Waals surface area contributed by atoms with E-state index in [2.05, 4.69) is 53.7 Å². The Hall–Kier alpha value is -3.72. The van der Waals surface area contributed by atoms with Crippen molar-refractivity contribution in [3.8, 4) is 0 Å². The lowest BCUT2D eigenvalue weighted by atomic mass is 9.85. The molecule has 0 unspecified atom stereocenters. The molecule has 3 aromatic rings. The Morgan fingerprint density at radius 1 is 0.875 bits per heavy atom. The fourth-order valence-corrected chi connectivity index (χ4v) is 6.35. The molecule has 0 fully saturated rings. The third kappa shape index (κ3) is 13.8. The lowest BCUT2D eigenvalue weighted by Crippen LogP contribution is -2.49. The molecule has 0 spiro atoms. The van der Waals surface area contributed by atoms with Gasteiger partial charge in [-0.2, -0.15) is 0 Å². The van der Waals surface area contributed by atoms with Crippen molar-refractivity contribution in [2.24, 2.45) is 17.3 Å². The van der Waals surface area contributed by atoms with E-state index in [0.29, 0.717) is 38.3 Å². The number of hydrogen-bond donors (Lipinski definition) is 2. The molecule has 3 rings (SSSR count). The molecule has 8 nitrogen and oxygen atoms in total. The van der Waals surface area contributed by atoms with Gasteiger partial charge in [-0.1, -0.05) is 109 Å². The number of nitrogens with zero attached hydrogens (tertiary/aromatic N) is 2. The smallest absolute Gasteiger partial charge is 0.407 e. The van der Waals surface area contributed by atoms with Gasteiger partial charge in [0.1, 0.15) is 0 Å². The molecular weight excluding hydrogens is 621 g/mol. The number of benzene rings is 2. The highest BCUT2D eigenvalue weighted by Crippen LogP contribution is 2.24. The van der Waals surface area contributed by atoms with E-state index in [-0.39, 0.29) is 35.1 Å². The molecule has 2 aromatic carbocycles. The number of rotatable bonds is 17. The van der Waals surface area contributed by atoms with Crippen LogP contribution >= 0.6 is 11.3 Å². The molecule has 0 aliphatic carbocycles. The molecule has 0 saturated heterocycles. The van der Waals surface area contributed by atoms with Crippen LogP contribution in [-0.2, 0) is 28.9 Å². The van der Waals surface area contributed by atoms with Gasteiger partial charge in [0, 0.05) is 30.8 Å². The Morgan fingerprint density at radius 3 is 2.02 bits per heavy atom. The molecule has 0 radical (unpaired) electrons. The SMILES string of the molecule is CC(C)c1nc(CN(C)C(=O)N[C@H](C(=O)C[C@H](CC[C@H](Cc2ccccc2)NC(=O)OCC(C)(C)C)Cc2ccccc2)C(C)C)cs1. The molecule has 9 heteroatoms. The highest BCUT2D eigenvalue weighted by molar-refractivity contribution is 7.09. The Bertz CT molecular complexity index is 1420. The van der Waals surface area contributed by atoms with Crippen LogP contribution in [0.2, 0.25) is 0 Å². The summed E-state index contributed by atoms with van der Waals surface area (Å²) < 4.78 is 5.55. The first-order chi connectivity index (χ1) is 22.7. The first-order valence-electron chi connectivity index (χ1n) is 17.2. The number of alkyl carbamates (subject to hydrolysis) is 1. The second-order valence-corrected chi connectivity index (χ2v) is 15.7.